The molecule has 0 saturated carbocycles. The second-order valence-corrected chi connectivity index (χ2v) is 8.16. The summed E-state index contributed by atoms with van der Waals surface area (Å²) in [6.45, 7) is 7.92. The first-order valence-corrected chi connectivity index (χ1v) is 11.6. The zero-order valence-electron chi connectivity index (χ0n) is 21.1. The zero-order valence-corrected chi connectivity index (χ0v) is 21.1. The quantitative estimate of drug-likeness (QED) is 0.421. The molecule has 0 radical (unpaired) electrons. The van der Waals surface area contributed by atoms with Crippen molar-refractivity contribution < 1.29 is 28.7 Å². The molecule has 1 aromatic heterocycles. The van der Waals surface area contributed by atoms with Crippen molar-refractivity contribution in [3.05, 3.63) is 71.9 Å². The molecule has 0 fully saturated rings. The molecule has 1 amide bonds. The van der Waals surface area contributed by atoms with Gasteiger partial charge in [-0.2, -0.15) is 19.2 Å². The number of benzene rings is 2. The van der Waals surface area contributed by atoms with Gasteiger partial charge in [0.2, 0.25) is 5.91 Å². The van der Waals surface area contributed by atoms with Gasteiger partial charge in [0.1, 0.15) is 11.5 Å². The van der Waals surface area contributed by atoms with Crippen LogP contribution in [0.2, 0.25) is 0 Å². The molecule has 2 N–H and O–H groups in total. The van der Waals surface area contributed by atoms with E-state index < -0.39 is 0 Å². The van der Waals surface area contributed by atoms with Crippen LogP contribution in [0.15, 0.2) is 60.7 Å². The highest BCUT2D eigenvalue weighted by molar-refractivity contribution is 5.73. The maximum Gasteiger partial charge on any atom is 0.373 e. The number of aromatic nitrogens is 1. The molecule has 3 rings (SSSR count). The standard InChI is InChI=1S/C26H32N2O2.2CO2/c1-5-26(6-2,28-20(4)29)18-17-21-8-12-23(13-9-21)30-24-14-10-22(11-15-24)25-16-7-19(3)27-25;2*2-1-3/h7-16,27H,5-6,17-18H2,1-4H3,(H,28,29);;. The van der Waals surface area contributed by atoms with Gasteiger partial charge in [0.15, 0.2) is 0 Å². The third kappa shape index (κ3) is 9.94. The molecule has 0 aliphatic carbocycles. The molecular formula is C28H32N2O6. The normalized spacial score (nSPS) is 9.89. The summed E-state index contributed by atoms with van der Waals surface area (Å²) in [5, 5.41) is 3.16. The number of hydrogen-bond donors (Lipinski definition) is 2. The number of carbonyl (C=O) groups excluding carboxylic acids is 5. The molecule has 1 heterocycles. The average molecular weight is 493 g/mol. The van der Waals surface area contributed by atoms with Gasteiger partial charge in [-0.15, -0.1) is 0 Å². The number of rotatable bonds is 9. The first-order valence-electron chi connectivity index (χ1n) is 11.6. The minimum Gasteiger partial charge on any atom is -0.457 e. The smallest absolute Gasteiger partial charge is 0.373 e. The Labute approximate surface area is 211 Å². The summed E-state index contributed by atoms with van der Waals surface area (Å²) in [4.78, 5) is 47.4. The van der Waals surface area contributed by atoms with Crippen LogP contribution in [0.5, 0.6) is 11.5 Å². The Kier molecular flexibility index (Phi) is 12.9. The largest absolute Gasteiger partial charge is 0.457 e. The van der Waals surface area contributed by atoms with Crippen molar-refractivity contribution in [3.63, 3.8) is 0 Å². The van der Waals surface area contributed by atoms with Crippen LogP contribution in [0, 0.1) is 6.92 Å². The van der Waals surface area contributed by atoms with E-state index in [0.29, 0.717) is 0 Å². The summed E-state index contributed by atoms with van der Waals surface area (Å²) in [5.41, 5.74) is 4.52. The van der Waals surface area contributed by atoms with Gasteiger partial charge in [-0.05, 0) is 92.3 Å². The van der Waals surface area contributed by atoms with Crippen LogP contribution in [0.4, 0.5) is 0 Å². The minimum absolute atomic E-state index is 0.0415. The van der Waals surface area contributed by atoms with Crippen molar-refractivity contribution in [3.8, 4) is 22.8 Å². The summed E-state index contributed by atoms with van der Waals surface area (Å²) in [5.74, 6) is 1.68. The SMILES string of the molecule is CCC(CC)(CCc1ccc(Oc2ccc(-c3ccc(C)[nH]3)cc2)cc1)NC(C)=O.O=C=O.O=C=O. The molecule has 0 spiro atoms. The fourth-order valence-electron chi connectivity index (χ4n) is 3.84. The Morgan fingerprint density at radius 2 is 1.36 bits per heavy atom. The van der Waals surface area contributed by atoms with Gasteiger partial charge >= 0.3 is 12.3 Å². The Bertz CT molecular complexity index is 1120. The van der Waals surface area contributed by atoms with Gasteiger partial charge in [-0.25, -0.2) is 0 Å². The summed E-state index contributed by atoms with van der Waals surface area (Å²) in [6.07, 6.45) is 4.22. The number of aromatic amines is 1. The van der Waals surface area contributed by atoms with Crippen molar-refractivity contribution in [2.24, 2.45) is 0 Å². The number of ether oxygens (including phenoxy) is 1. The van der Waals surface area contributed by atoms with E-state index in [1.807, 2.05) is 24.3 Å². The fraction of sp³-hybridized carbons (Fsp3) is 0.321. The number of aryl methyl sites for hydroxylation is 2. The van der Waals surface area contributed by atoms with Crippen LogP contribution in [0.1, 0.15) is 51.3 Å². The van der Waals surface area contributed by atoms with Crippen LogP contribution in [0.3, 0.4) is 0 Å². The lowest BCUT2D eigenvalue weighted by Crippen LogP contribution is -2.47. The summed E-state index contributed by atoms with van der Waals surface area (Å²) >= 11 is 0. The number of hydrogen-bond acceptors (Lipinski definition) is 6. The molecule has 0 aliphatic rings. The van der Waals surface area contributed by atoms with Gasteiger partial charge in [0.05, 0.1) is 0 Å². The fourth-order valence-corrected chi connectivity index (χ4v) is 3.84. The molecule has 8 nitrogen and oxygen atoms in total. The number of H-pyrrole nitrogens is 1. The maximum atomic E-state index is 11.6. The molecule has 0 saturated heterocycles. The van der Waals surface area contributed by atoms with Crippen molar-refractivity contribution in [1.82, 2.24) is 10.3 Å². The van der Waals surface area contributed by atoms with Gasteiger partial charge in [0, 0.05) is 23.9 Å². The molecule has 0 unspecified atom stereocenters. The van der Waals surface area contributed by atoms with E-state index in [-0.39, 0.29) is 23.7 Å². The van der Waals surface area contributed by atoms with E-state index in [2.05, 4.69) is 67.5 Å². The molecule has 190 valence electrons. The lowest BCUT2D eigenvalue weighted by atomic mass is 9.86. The van der Waals surface area contributed by atoms with E-state index in [0.717, 1.165) is 54.1 Å². The summed E-state index contributed by atoms with van der Waals surface area (Å²) in [7, 11) is 0. The molecule has 8 heteroatoms. The monoisotopic (exact) mass is 492 g/mol. The molecular weight excluding hydrogens is 460 g/mol. The highest BCUT2D eigenvalue weighted by Gasteiger charge is 2.26. The van der Waals surface area contributed by atoms with E-state index >= 15 is 0 Å². The first kappa shape index (κ1) is 29.8. The van der Waals surface area contributed by atoms with E-state index in [9.17, 15) is 4.79 Å². The van der Waals surface area contributed by atoms with Gasteiger partial charge in [-0.3, -0.25) is 4.79 Å². The molecule has 0 atom stereocenters. The highest BCUT2D eigenvalue weighted by atomic mass is 16.5. The topological polar surface area (TPSA) is 122 Å². The zero-order chi connectivity index (χ0) is 27.0. The van der Waals surface area contributed by atoms with E-state index in [1.54, 1.807) is 6.92 Å². The maximum absolute atomic E-state index is 11.6. The van der Waals surface area contributed by atoms with Crippen LogP contribution < -0.4 is 10.1 Å². The van der Waals surface area contributed by atoms with Crippen LogP contribution in [-0.4, -0.2) is 28.7 Å². The van der Waals surface area contributed by atoms with Gasteiger partial charge < -0.3 is 15.0 Å². The van der Waals surface area contributed by atoms with Crippen molar-refractivity contribution >= 4 is 18.2 Å². The van der Waals surface area contributed by atoms with Crippen LogP contribution >= 0.6 is 0 Å². The third-order valence-electron chi connectivity index (χ3n) is 5.84. The van der Waals surface area contributed by atoms with Gasteiger partial charge in [0.25, 0.3) is 0 Å². The summed E-state index contributed by atoms with van der Waals surface area (Å²) in [6, 6.07) is 20.5. The Balaban J connectivity index is 0.000000982. The van der Waals surface area contributed by atoms with Crippen LogP contribution in [0.25, 0.3) is 11.3 Å². The highest BCUT2D eigenvalue weighted by Crippen LogP contribution is 2.27. The predicted octanol–water partition coefficient (Wildman–Crippen LogP) is 5.24. The number of nitrogens with one attached hydrogen (secondary N) is 2. The minimum atomic E-state index is -0.125. The van der Waals surface area contributed by atoms with E-state index in [1.165, 1.54) is 5.56 Å². The summed E-state index contributed by atoms with van der Waals surface area (Å²) < 4.78 is 6.00. The van der Waals surface area contributed by atoms with Crippen molar-refractivity contribution in [2.45, 2.75) is 58.9 Å². The lowest BCUT2D eigenvalue weighted by molar-refractivity contribution is -0.193. The molecule has 3 aromatic rings. The second-order valence-electron chi connectivity index (χ2n) is 8.16. The molecule has 2 aromatic carbocycles. The molecule has 36 heavy (non-hydrogen) atoms. The average Bonchev–Trinajstić information content (AvgIpc) is 3.30. The Hall–Kier alpha value is -4.25. The number of amides is 1. The van der Waals surface area contributed by atoms with Crippen LogP contribution in [-0.2, 0) is 30.4 Å². The lowest BCUT2D eigenvalue weighted by Gasteiger charge is -2.32. The third-order valence-corrected chi connectivity index (χ3v) is 5.84. The van der Waals surface area contributed by atoms with Crippen molar-refractivity contribution in [1.29, 1.82) is 0 Å². The second kappa shape index (κ2) is 15.6. The first-order chi connectivity index (χ1) is 17.3. The van der Waals surface area contributed by atoms with Gasteiger partial charge in [-0.1, -0.05) is 26.0 Å². The molecule has 0 bridgehead atoms. The predicted molar refractivity (Wildman–Crippen MR) is 133 cm³/mol. The Morgan fingerprint density at radius 3 is 1.78 bits per heavy atom. The number of carbonyl (C=O) groups is 1. The van der Waals surface area contributed by atoms with Crippen molar-refractivity contribution in [2.75, 3.05) is 0 Å². The van der Waals surface area contributed by atoms with E-state index in [4.69, 9.17) is 23.9 Å². The Morgan fingerprint density at radius 1 is 0.861 bits per heavy atom. The molecule has 0 aliphatic heterocycles.